The van der Waals surface area contributed by atoms with Crippen molar-refractivity contribution in [1.82, 2.24) is 9.13 Å². The molecule has 0 N–H and O–H groups in total. The maximum atomic E-state index is 6.22. The van der Waals surface area contributed by atoms with Crippen LogP contribution in [-0.2, 0) is 0 Å². The molecule has 0 aliphatic heterocycles. The topological polar surface area (TPSA) is 23.0 Å². The van der Waals surface area contributed by atoms with Gasteiger partial charge in [0.25, 0.3) is 0 Å². The molecule has 0 saturated heterocycles. The molecule has 0 aliphatic rings. The zero-order valence-corrected chi connectivity index (χ0v) is 27.4. The normalized spacial score (nSPS) is 11.8. The molecule has 0 fully saturated rings. The second-order valence-corrected chi connectivity index (χ2v) is 12.2. The van der Waals surface area contributed by atoms with E-state index in [1.165, 1.54) is 71.4 Å². The zero-order valence-electron chi connectivity index (χ0n) is 25.6. The quantitative estimate of drug-likeness (QED) is 0.184. The minimum atomic E-state index is 0. The largest absolute Gasteiger partial charge is 0.456 e. The number of halogens is 1. The van der Waals surface area contributed by atoms with Crippen LogP contribution in [0.4, 0.5) is 0 Å². The molecule has 10 aromatic rings. The molecular formula is C43H29BrN2O. The van der Waals surface area contributed by atoms with Gasteiger partial charge < -0.3 is 13.6 Å². The summed E-state index contributed by atoms with van der Waals surface area (Å²) in [4.78, 5) is 0. The number of nitrogens with zero attached hydrogens (tertiary/aromatic N) is 2. The van der Waals surface area contributed by atoms with Crippen molar-refractivity contribution in [3.05, 3.63) is 157 Å². The fourth-order valence-electron chi connectivity index (χ4n) is 7.57. The minimum absolute atomic E-state index is 0. The van der Waals surface area contributed by atoms with E-state index in [-0.39, 0.29) is 17.0 Å². The van der Waals surface area contributed by atoms with Crippen molar-refractivity contribution in [2.75, 3.05) is 0 Å². The van der Waals surface area contributed by atoms with Crippen molar-refractivity contribution in [3.8, 4) is 22.5 Å². The molecule has 0 amide bonds. The number of benzene rings is 7. The van der Waals surface area contributed by atoms with Gasteiger partial charge in [-0.2, -0.15) is 0 Å². The van der Waals surface area contributed by atoms with Crippen LogP contribution in [0, 0.1) is 6.92 Å². The molecule has 0 spiro atoms. The highest BCUT2D eigenvalue weighted by Crippen LogP contribution is 2.39. The summed E-state index contributed by atoms with van der Waals surface area (Å²) in [7, 11) is 0. The van der Waals surface area contributed by atoms with Crippen LogP contribution in [0.15, 0.2) is 156 Å². The van der Waals surface area contributed by atoms with E-state index in [0.29, 0.717) is 0 Å². The summed E-state index contributed by atoms with van der Waals surface area (Å²) in [5, 5.41) is 7.35. The molecule has 3 aromatic heterocycles. The Morgan fingerprint density at radius 1 is 0.404 bits per heavy atom. The number of fused-ring (bicyclic) bond motifs is 9. The lowest BCUT2D eigenvalue weighted by Crippen LogP contribution is -1.93. The Balaban J connectivity index is 0.00000302. The summed E-state index contributed by atoms with van der Waals surface area (Å²) in [6, 6.07) is 54.7. The summed E-state index contributed by atoms with van der Waals surface area (Å²) in [6.07, 6.45) is 0. The molecule has 3 heterocycles. The van der Waals surface area contributed by atoms with Crippen LogP contribution in [0.25, 0.3) is 88.1 Å². The molecule has 0 aliphatic carbocycles. The van der Waals surface area contributed by atoms with Gasteiger partial charge >= 0.3 is 0 Å². The summed E-state index contributed by atoms with van der Waals surface area (Å²) < 4.78 is 11.0. The van der Waals surface area contributed by atoms with Gasteiger partial charge in [0.2, 0.25) is 0 Å². The first-order valence-corrected chi connectivity index (χ1v) is 15.8. The van der Waals surface area contributed by atoms with Gasteiger partial charge in [0, 0.05) is 43.7 Å². The lowest BCUT2D eigenvalue weighted by atomic mass is 10.0. The number of hydrogen-bond donors (Lipinski definition) is 0. The maximum Gasteiger partial charge on any atom is 0.135 e. The number of para-hydroxylation sites is 3. The third-order valence-electron chi connectivity index (χ3n) is 9.64. The molecule has 7 aromatic carbocycles. The monoisotopic (exact) mass is 668 g/mol. The molecule has 3 nitrogen and oxygen atoms in total. The first kappa shape index (κ1) is 27.7. The van der Waals surface area contributed by atoms with E-state index in [2.05, 4.69) is 168 Å². The van der Waals surface area contributed by atoms with Crippen molar-refractivity contribution >= 4 is 82.5 Å². The van der Waals surface area contributed by atoms with Gasteiger partial charge in [0.1, 0.15) is 11.2 Å². The molecule has 10 rings (SSSR count). The van der Waals surface area contributed by atoms with E-state index in [9.17, 15) is 0 Å². The van der Waals surface area contributed by atoms with Gasteiger partial charge in [0.05, 0.1) is 22.1 Å². The number of furan rings is 1. The molecule has 0 saturated carbocycles. The van der Waals surface area contributed by atoms with Crippen LogP contribution < -0.4 is 0 Å². The molecule has 224 valence electrons. The van der Waals surface area contributed by atoms with E-state index in [1.807, 2.05) is 0 Å². The van der Waals surface area contributed by atoms with Gasteiger partial charge in [0.15, 0.2) is 0 Å². The second kappa shape index (κ2) is 10.5. The van der Waals surface area contributed by atoms with E-state index in [4.69, 9.17) is 4.42 Å². The van der Waals surface area contributed by atoms with Gasteiger partial charge in [-0.15, -0.1) is 17.0 Å². The van der Waals surface area contributed by atoms with Gasteiger partial charge in [-0.1, -0.05) is 78.9 Å². The predicted octanol–water partition coefficient (Wildman–Crippen LogP) is 12.3. The smallest absolute Gasteiger partial charge is 0.135 e. The zero-order chi connectivity index (χ0) is 30.4. The lowest BCUT2D eigenvalue weighted by molar-refractivity contribution is 0.668. The number of aromatic nitrogens is 2. The van der Waals surface area contributed by atoms with E-state index >= 15 is 0 Å². The standard InChI is InChI=1S/C43H28N2O.BrH/c1-27-10-9-17-42-43(27)36-26-31(20-23-41(36)46-42)45-38-16-8-6-14-33(38)35-25-29(19-22-40(35)45)28-18-21-39-34(24-28)32-13-5-7-15-37(32)44(39)30-11-3-2-4-12-30;/h2-26H,1H3;1H. The Kier molecular flexibility index (Phi) is 6.18. The first-order chi connectivity index (χ1) is 22.7. The summed E-state index contributed by atoms with van der Waals surface area (Å²) in [5.74, 6) is 0. The average Bonchev–Trinajstić information content (AvgIpc) is 3.76. The van der Waals surface area contributed by atoms with Crippen LogP contribution in [0.3, 0.4) is 0 Å². The molecule has 47 heavy (non-hydrogen) atoms. The van der Waals surface area contributed by atoms with Crippen molar-refractivity contribution in [2.24, 2.45) is 0 Å². The van der Waals surface area contributed by atoms with Crippen LogP contribution in [0.1, 0.15) is 5.56 Å². The molecule has 0 radical (unpaired) electrons. The summed E-state index contributed by atoms with van der Waals surface area (Å²) in [6.45, 7) is 2.16. The summed E-state index contributed by atoms with van der Waals surface area (Å²) >= 11 is 0. The number of rotatable bonds is 3. The van der Waals surface area contributed by atoms with Crippen LogP contribution >= 0.6 is 17.0 Å². The molecule has 0 unspecified atom stereocenters. The Morgan fingerprint density at radius 2 is 0.979 bits per heavy atom. The average molecular weight is 670 g/mol. The van der Waals surface area contributed by atoms with E-state index in [0.717, 1.165) is 22.2 Å². The molecule has 0 atom stereocenters. The Bertz CT molecular complexity index is 2820. The van der Waals surface area contributed by atoms with Gasteiger partial charge in [-0.25, -0.2) is 0 Å². The van der Waals surface area contributed by atoms with Crippen molar-refractivity contribution in [3.63, 3.8) is 0 Å². The third kappa shape index (κ3) is 4.05. The van der Waals surface area contributed by atoms with Crippen molar-refractivity contribution in [2.45, 2.75) is 6.92 Å². The fraction of sp³-hybridized carbons (Fsp3) is 0.0233. The van der Waals surface area contributed by atoms with Gasteiger partial charge in [-0.3, -0.25) is 0 Å². The fourth-order valence-corrected chi connectivity index (χ4v) is 7.57. The predicted molar refractivity (Wildman–Crippen MR) is 203 cm³/mol. The first-order valence-electron chi connectivity index (χ1n) is 15.8. The van der Waals surface area contributed by atoms with Crippen molar-refractivity contribution in [1.29, 1.82) is 0 Å². The Morgan fingerprint density at radius 3 is 1.64 bits per heavy atom. The number of aryl methyl sites for hydroxylation is 1. The molecule has 4 heteroatoms. The second-order valence-electron chi connectivity index (χ2n) is 12.2. The summed E-state index contributed by atoms with van der Waals surface area (Å²) in [5.41, 5.74) is 12.6. The minimum Gasteiger partial charge on any atom is -0.456 e. The van der Waals surface area contributed by atoms with Crippen molar-refractivity contribution < 1.29 is 4.42 Å². The van der Waals surface area contributed by atoms with Crippen LogP contribution in [-0.4, -0.2) is 9.13 Å². The van der Waals surface area contributed by atoms with Crippen LogP contribution in [0.5, 0.6) is 0 Å². The Hall–Kier alpha value is -5.58. The number of hydrogen-bond acceptors (Lipinski definition) is 1. The van der Waals surface area contributed by atoms with E-state index < -0.39 is 0 Å². The van der Waals surface area contributed by atoms with E-state index in [1.54, 1.807) is 0 Å². The Labute approximate surface area is 281 Å². The lowest BCUT2D eigenvalue weighted by Gasteiger charge is -2.09. The SMILES string of the molecule is Br.Cc1cccc2oc3ccc(-n4c5ccccc5c5cc(-c6ccc7c(c6)c6ccccc6n7-c6ccccc6)ccc54)cc3c12. The highest BCUT2D eigenvalue weighted by Gasteiger charge is 2.17. The highest BCUT2D eigenvalue weighted by molar-refractivity contribution is 8.93. The molecular weight excluding hydrogens is 640 g/mol. The van der Waals surface area contributed by atoms with Crippen LogP contribution in [0.2, 0.25) is 0 Å². The highest BCUT2D eigenvalue weighted by atomic mass is 79.9. The molecule has 0 bridgehead atoms. The third-order valence-corrected chi connectivity index (χ3v) is 9.64. The van der Waals surface area contributed by atoms with Gasteiger partial charge in [-0.05, 0) is 96.4 Å². The maximum absolute atomic E-state index is 6.22.